The van der Waals surface area contributed by atoms with E-state index in [1.165, 1.54) is 25.1 Å². The van der Waals surface area contributed by atoms with Crippen LogP contribution in [0.4, 0.5) is 5.69 Å². The third-order valence-corrected chi connectivity index (χ3v) is 6.41. The number of halogens is 2. The van der Waals surface area contributed by atoms with Crippen LogP contribution in [-0.2, 0) is 27.7 Å². The second-order valence-electron chi connectivity index (χ2n) is 6.07. The van der Waals surface area contributed by atoms with Crippen LogP contribution in [0.2, 0.25) is 10.0 Å². The van der Waals surface area contributed by atoms with E-state index in [-0.39, 0.29) is 14.9 Å². The van der Waals surface area contributed by atoms with Gasteiger partial charge in [0.2, 0.25) is 15.9 Å². The molecule has 0 heterocycles. The molecule has 8 heteroatoms. The highest BCUT2D eigenvalue weighted by molar-refractivity contribution is 7.89. The van der Waals surface area contributed by atoms with Gasteiger partial charge in [-0.2, -0.15) is 4.72 Å². The lowest BCUT2D eigenvalue weighted by Crippen LogP contribution is -2.41. The number of para-hydroxylation sites is 1. The van der Waals surface area contributed by atoms with E-state index in [2.05, 4.69) is 10.0 Å². The molecule has 1 amide bonds. The zero-order valence-corrected chi connectivity index (χ0v) is 17.7. The molecule has 0 spiro atoms. The number of rotatable bonds is 7. The van der Waals surface area contributed by atoms with Crippen LogP contribution in [0.5, 0.6) is 0 Å². The molecule has 1 unspecified atom stereocenters. The maximum atomic E-state index is 12.6. The fraction of sp³-hybridized carbons (Fsp3) is 0.316. The van der Waals surface area contributed by atoms with Crippen LogP contribution < -0.4 is 10.0 Å². The Kier molecular flexibility index (Phi) is 7.28. The molecular weight excluding hydrogens is 407 g/mol. The molecule has 0 aliphatic heterocycles. The van der Waals surface area contributed by atoms with Crippen LogP contribution in [-0.4, -0.2) is 20.4 Å². The van der Waals surface area contributed by atoms with Gasteiger partial charge in [-0.25, -0.2) is 8.42 Å². The monoisotopic (exact) mass is 428 g/mol. The molecular formula is C19H22Cl2N2O3S. The summed E-state index contributed by atoms with van der Waals surface area (Å²) in [6.45, 7) is 5.47. The van der Waals surface area contributed by atoms with Crippen LogP contribution in [0.1, 0.15) is 31.9 Å². The predicted molar refractivity (Wildman–Crippen MR) is 110 cm³/mol. The summed E-state index contributed by atoms with van der Waals surface area (Å²) in [4.78, 5) is 12.4. The summed E-state index contributed by atoms with van der Waals surface area (Å²) in [5.41, 5.74) is 2.73. The van der Waals surface area contributed by atoms with Crippen molar-refractivity contribution >= 4 is 44.8 Å². The number of benzene rings is 2. The van der Waals surface area contributed by atoms with Crippen molar-refractivity contribution in [3.8, 4) is 0 Å². The van der Waals surface area contributed by atoms with Crippen LogP contribution >= 0.6 is 23.2 Å². The molecule has 0 saturated carbocycles. The van der Waals surface area contributed by atoms with Crippen LogP contribution in [0.3, 0.4) is 0 Å². The normalized spacial score (nSPS) is 12.6. The summed E-state index contributed by atoms with van der Waals surface area (Å²) in [6.07, 6.45) is 1.50. The van der Waals surface area contributed by atoms with E-state index in [9.17, 15) is 13.2 Å². The van der Waals surface area contributed by atoms with E-state index in [0.717, 1.165) is 29.7 Å². The summed E-state index contributed by atoms with van der Waals surface area (Å²) < 4.78 is 27.5. The molecule has 27 heavy (non-hydrogen) atoms. The number of anilines is 1. The van der Waals surface area contributed by atoms with Crippen molar-refractivity contribution in [1.82, 2.24) is 4.72 Å². The number of amides is 1. The topological polar surface area (TPSA) is 75.3 Å². The van der Waals surface area contributed by atoms with Crippen LogP contribution in [0, 0.1) is 0 Å². The van der Waals surface area contributed by atoms with Crippen molar-refractivity contribution in [3.63, 3.8) is 0 Å². The number of carbonyl (C=O) groups excluding carboxylic acids is 1. The second kappa shape index (κ2) is 9.06. The number of sulfonamides is 1. The SMILES string of the molecule is CCc1cccc(CC)c1NC(=O)C(C)NS(=O)(=O)c1cc(Cl)ccc1Cl. The molecule has 0 saturated heterocycles. The van der Waals surface area contributed by atoms with E-state index in [4.69, 9.17) is 23.2 Å². The Morgan fingerprint density at radius 2 is 1.67 bits per heavy atom. The van der Waals surface area contributed by atoms with Gasteiger partial charge in [0.25, 0.3) is 0 Å². The quantitative estimate of drug-likeness (QED) is 0.684. The Morgan fingerprint density at radius 1 is 1.07 bits per heavy atom. The maximum absolute atomic E-state index is 12.6. The molecule has 0 aliphatic rings. The van der Waals surface area contributed by atoms with Gasteiger partial charge in [-0.05, 0) is 49.1 Å². The Hall–Kier alpha value is -1.60. The van der Waals surface area contributed by atoms with Gasteiger partial charge in [0.05, 0.1) is 11.1 Å². The van der Waals surface area contributed by atoms with E-state index in [0.29, 0.717) is 0 Å². The smallest absolute Gasteiger partial charge is 0.242 e. The molecule has 146 valence electrons. The van der Waals surface area contributed by atoms with Crippen molar-refractivity contribution in [2.45, 2.75) is 44.6 Å². The average molecular weight is 429 g/mol. The first-order valence-electron chi connectivity index (χ1n) is 8.58. The number of nitrogens with one attached hydrogen (secondary N) is 2. The number of hydrogen-bond acceptors (Lipinski definition) is 3. The fourth-order valence-electron chi connectivity index (χ4n) is 2.67. The molecule has 0 aromatic heterocycles. The lowest BCUT2D eigenvalue weighted by atomic mass is 10.0. The highest BCUT2D eigenvalue weighted by atomic mass is 35.5. The van der Waals surface area contributed by atoms with Crippen molar-refractivity contribution in [1.29, 1.82) is 0 Å². The van der Waals surface area contributed by atoms with Gasteiger partial charge in [-0.15, -0.1) is 0 Å². The van der Waals surface area contributed by atoms with E-state index in [1.807, 2.05) is 32.0 Å². The lowest BCUT2D eigenvalue weighted by molar-refractivity contribution is -0.117. The average Bonchev–Trinajstić information content (AvgIpc) is 2.63. The summed E-state index contributed by atoms with van der Waals surface area (Å²) in [5, 5.41) is 3.12. The summed E-state index contributed by atoms with van der Waals surface area (Å²) >= 11 is 11.8. The third-order valence-electron chi connectivity index (χ3n) is 4.16. The summed E-state index contributed by atoms with van der Waals surface area (Å²) in [5.74, 6) is -0.452. The highest BCUT2D eigenvalue weighted by Crippen LogP contribution is 2.26. The van der Waals surface area contributed by atoms with Crippen LogP contribution in [0.25, 0.3) is 0 Å². The van der Waals surface area contributed by atoms with Gasteiger partial charge in [0.15, 0.2) is 0 Å². The van der Waals surface area contributed by atoms with Crippen molar-refractivity contribution in [2.24, 2.45) is 0 Å². The highest BCUT2D eigenvalue weighted by Gasteiger charge is 2.25. The van der Waals surface area contributed by atoms with Gasteiger partial charge in [-0.1, -0.05) is 55.2 Å². The number of carbonyl (C=O) groups is 1. The first kappa shape index (κ1) is 21.7. The molecule has 2 aromatic rings. The minimum absolute atomic E-state index is 0.0316. The Labute approximate surface area is 170 Å². The molecule has 0 aliphatic carbocycles. The number of hydrogen-bond donors (Lipinski definition) is 2. The molecule has 5 nitrogen and oxygen atoms in total. The van der Waals surface area contributed by atoms with Crippen molar-refractivity contribution < 1.29 is 13.2 Å². The summed E-state index contributed by atoms with van der Waals surface area (Å²) in [7, 11) is -4.01. The van der Waals surface area contributed by atoms with E-state index < -0.39 is 22.0 Å². The van der Waals surface area contributed by atoms with Gasteiger partial charge >= 0.3 is 0 Å². The predicted octanol–water partition coefficient (Wildman–Crippen LogP) is 4.42. The second-order valence-corrected chi connectivity index (χ2v) is 8.59. The molecule has 0 bridgehead atoms. The minimum atomic E-state index is -4.01. The van der Waals surface area contributed by atoms with Crippen LogP contribution in [0.15, 0.2) is 41.3 Å². The minimum Gasteiger partial charge on any atom is -0.324 e. The van der Waals surface area contributed by atoms with Gasteiger partial charge in [-0.3, -0.25) is 4.79 Å². The fourth-order valence-corrected chi connectivity index (χ4v) is 4.63. The van der Waals surface area contributed by atoms with Gasteiger partial charge in [0, 0.05) is 10.7 Å². The van der Waals surface area contributed by atoms with E-state index in [1.54, 1.807) is 0 Å². The Morgan fingerprint density at radius 3 is 2.22 bits per heavy atom. The first-order valence-corrected chi connectivity index (χ1v) is 10.8. The molecule has 2 rings (SSSR count). The van der Waals surface area contributed by atoms with Crippen molar-refractivity contribution in [3.05, 3.63) is 57.6 Å². The maximum Gasteiger partial charge on any atom is 0.242 e. The largest absolute Gasteiger partial charge is 0.324 e. The Balaban J connectivity index is 2.23. The molecule has 0 radical (unpaired) electrons. The Bertz CT molecular complexity index is 924. The number of aryl methyl sites for hydroxylation is 2. The third kappa shape index (κ3) is 5.23. The zero-order valence-electron chi connectivity index (χ0n) is 15.3. The van der Waals surface area contributed by atoms with Gasteiger partial charge in [0.1, 0.15) is 4.90 Å². The standard InChI is InChI=1S/C19H22Cl2N2O3S/c1-4-13-7-6-8-14(5-2)18(13)22-19(24)12(3)23-27(25,26)17-11-15(20)9-10-16(17)21/h6-12,23H,4-5H2,1-3H3,(H,22,24). The lowest BCUT2D eigenvalue weighted by Gasteiger charge is -2.18. The zero-order chi connectivity index (χ0) is 20.2. The van der Waals surface area contributed by atoms with Gasteiger partial charge < -0.3 is 5.32 Å². The molecule has 2 N–H and O–H groups in total. The molecule has 0 fully saturated rings. The molecule has 2 aromatic carbocycles. The molecule has 1 atom stereocenters. The summed E-state index contributed by atoms with van der Waals surface area (Å²) in [6, 6.07) is 8.96. The first-order chi connectivity index (χ1) is 12.7. The van der Waals surface area contributed by atoms with Crippen molar-refractivity contribution in [2.75, 3.05) is 5.32 Å². The van der Waals surface area contributed by atoms with E-state index >= 15 is 0 Å².